The van der Waals surface area contributed by atoms with Crippen molar-refractivity contribution in [2.45, 2.75) is 40.2 Å². The largest absolute Gasteiger partial charge is 0.633 e. The van der Waals surface area contributed by atoms with E-state index in [0.717, 1.165) is 18.2 Å². The topological polar surface area (TPSA) is 101 Å². The molecule has 184 valence electrons. The number of anilines is 1. The fourth-order valence-corrected chi connectivity index (χ4v) is 3.63. The van der Waals surface area contributed by atoms with E-state index in [-0.39, 0.29) is 10.2 Å². The zero-order chi connectivity index (χ0) is 24.7. The molecule has 3 rings (SSSR count). The normalized spacial score (nSPS) is 13.0. The van der Waals surface area contributed by atoms with Crippen molar-refractivity contribution in [3.63, 3.8) is 0 Å². The van der Waals surface area contributed by atoms with Crippen LogP contribution in [0, 0.1) is 5.21 Å². The fraction of sp³-hybridized carbons (Fsp3) is 0.480. The van der Waals surface area contributed by atoms with Gasteiger partial charge in [0.15, 0.2) is 0 Å². The predicted molar refractivity (Wildman–Crippen MR) is 135 cm³/mol. The van der Waals surface area contributed by atoms with Crippen LogP contribution in [0.1, 0.15) is 33.6 Å². The minimum Gasteiger partial charge on any atom is -0.633 e. The van der Waals surface area contributed by atoms with Crippen molar-refractivity contribution in [1.82, 2.24) is 14.5 Å². The molecule has 0 amide bonds. The van der Waals surface area contributed by atoms with Crippen LogP contribution in [0.2, 0.25) is 0 Å². The number of pyridine rings is 1. The van der Waals surface area contributed by atoms with Crippen LogP contribution < -0.4 is 20.3 Å². The Morgan fingerprint density at radius 2 is 1.91 bits per heavy atom. The Hall–Kier alpha value is -3.17. The molecule has 0 radical (unpaired) electrons. The number of nitrogens with one attached hydrogen (secondary N) is 1. The summed E-state index contributed by atoms with van der Waals surface area (Å²) in [6.07, 6.45) is 3.50. The number of hydroxylamine groups is 3. The number of ether oxygens (including phenoxy) is 2. The molecule has 34 heavy (non-hydrogen) atoms. The van der Waals surface area contributed by atoms with Gasteiger partial charge in [-0.05, 0) is 44.0 Å². The van der Waals surface area contributed by atoms with Crippen LogP contribution >= 0.6 is 0 Å². The average Bonchev–Trinajstić information content (AvgIpc) is 2.83. The van der Waals surface area contributed by atoms with E-state index >= 15 is 0 Å². The van der Waals surface area contributed by atoms with Gasteiger partial charge in [0.05, 0.1) is 40.4 Å². The molecule has 0 bridgehead atoms. The lowest BCUT2D eigenvalue weighted by molar-refractivity contribution is -0.856. The first-order valence-corrected chi connectivity index (χ1v) is 11.8. The number of unbranched alkanes of at least 4 members (excludes halogenated alkanes) is 1. The fourth-order valence-electron chi connectivity index (χ4n) is 3.63. The average molecular weight is 470 g/mol. The molecule has 1 N–H and O–H groups in total. The SMILES string of the molecule is CCCCn1c(=O)c(-c2cc(OC)cc(OCC)c2)cc2cnc(NCC[N+](C)([O-])CC)nc21. The first-order valence-electron chi connectivity index (χ1n) is 11.8. The number of aromatic nitrogens is 3. The zero-order valence-corrected chi connectivity index (χ0v) is 20.8. The summed E-state index contributed by atoms with van der Waals surface area (Å²) in [5.74, 6) is 1.66. The highest BCUT2D eigenvalue weighted by molar-refractivity contribution is 5.82. The maximum Gasteiger partial charge on any atom is 0.260 e. The minimum atomic E-state index is -0.338. The summed E-state index contributed by atoms with van der Waals surface area (Å²) in [6, 6.07) is 7.30. The molecule has 0 aliphatic carbocycles. The van der Waals surface area contributed by atoms with E-state index in [0.29, 0.717) is 67.0 Å². The van der Waals surface area contributed by atoms with Crippen LogP contribution in [0.4, 0.5) is 5.95 Å². The van der Waals surface area contributed by atoms with Crippen LogP contribution in [0.3, 0.4) is 0 Å². The molecule has 0 aliphatic heterocycles. The van der Waals surface area contributed by atoms with E-state index in [1.807, 2.05) is 32.0 Å². The Labute approximate surface area is 200 Å². The molecular weight excluding hydrogens is 434 g/mol. The van der Waals surface area contributed by atoms with Crippen molar-refractivity contribution in [1.29, 1.82) is 0 Å². The van der Waals surface area contributed by atoms with Gasteiger partial charge in [-0.15, -0.1) is 0 Å². The molecular formula is C25H35N5O4. The third kappa shape index (κ3) is 6.03. The van der Waals surface area contributed by atoms with Crippen LogP contribution in [-0.2, 0) is 6.54 Å². The van der Waals surface area contributed by atoms with Crippen molar-refractivity contribution in [3.8, 4) is 22.6 Å². The molecule has 1 unspecified atom stereocenters. The third-order valence-electron chi connectivity index (χ3n) is 5.84. The number of hydrogen-bond donors (Lipinski definition) is 1. The number of quaternary nitrogens is 1. The molecule has 0 fully saturated rings. The van der Waals surface area contributed by atoms with Crippen molar-refractivity contribution >= 4 is 17.0 Å². The van der Waals surface area contributed by atoms with E-state index in [9.17, 15) is 10.0 Å². The summed E-state index contributed by atoms with van der Waals surface area (Å²) in [7, 11) is 3.23. The first kappa shape index (κ1) is 25.5. The van der Waals surface area contributed by atoms with Crippen molar-refractivity contribution in [2.75, 3.05) is 45.7 Å². The van der Waals surface area contributed by atoms with Gasteiger partial charge in [-0.3, -0.25) is 9.36 Å². The Morgan fingerprint density at radius 1 is 1.15 bits per heavy atom. The second-order valence-electron chi connectivity index (χ2n) is 8.43. The van der Waals surface area contributed by atoms with E-state index in [1.54, 1.807) is 31.0 Å². The highest BCUT2D eigenvalue weighted by Crippen LogP contribution is 2.30. The third-order valence-corrected chi connectivity index (χ3v) is 5.84. The predicted octanol–water partition coefficient (Wildman–Crippen LogP) is 4.04. The number of methoxy groups -OCH3 is 1. The monoisotopic (exact) mass is 469 g/mol. The number of likely N-dealkylation sites (N-methyl/N-ethyl adjacent to an activating group) is 1. The Kier molecular flexibility index (Phi) is 8.46. The van der Waals surface area contributed by atoms with Crippen LogP contribution in [0.5, 0.6) is 11.5 Å². The summed E-state index contributed by atoms with van der Waals surface area (Å²) < 4.78 is 12.5. The minimum absolute atomic E-state index is 0.129. The molecule has 0 aliphatic rings. The van der Waals surface area contributed by atoms with Gasteiger partial charge in [0, 0.05) is 29.8 Å². The second-order valence-corrected chi connectivity index (χ2v) is 8.43. The maximum atomic E-state index is 13.6. The van der Waals surface area contributed by atoms with E-state index in [1.165, 1.54) is 0 Å². The maximum absolute atomic E-state index is 13.6. The van der Waals surface area contributed by atoms with Gasteiger partial charge in [0.1, 0.15) is 17.1 Å². The molecule has 0 saturated heterocycles. The van der Waals surface area contributed by atoms with E-state index in [4.69, 9.17) is 9.47 Å². The number of aryl methyl sites for hydroxylation is 1. The Balaban J connectivity index is 2.06. The summed E-state index contributed by atoms with van der Waals surface area (Å²) in [6.45, 7) is 8.26. The number of nitrogens with zero attached hydrogens (tertiary/aromatic N) is 4. The lowest BCUT2D eigenvalue weighted by Gasteiger charge is -2.37. The van der Waals surface area contributed by atoms with Gasteiger partial charge in [0.2, 0.25) is 5.95 Å². The van der Waals surface area contributed by atoms with Gasteiger partial charge >= 0.3 is 0 Å². The van der Waals surface area contributed by atoms with Crippen LogP contribution in [-0.4, -0.2) is 59.6 Å². The summed E-state index contributed by atoms with van der Waals surface area (Å²) in [5.41, 5.74) is 1.70. The van der Waals surface area contributed by atoms with Gasteiger partial charge < -0.3 is 24.6 Å². The molecule has 3 aromatic rings. The standard InChI is InChI=1S/C25H35N5O4/c1-6-9-11-29-23-19(17-27-25(28-23)26-10-12-30(4,32)7-2)15-22(24(29)31)18-13-20(33-5)16-21(14-18)34-8-3/h13-17H,6-12H2,1-5H3,(H,26,27,28). The van der Waals surface area contributed by atoms with Gasteiger partial charge in [0.25, 0.3) is 5.56 Å². The quantitative estimate of drug-likeness (QED) is 0.315. The Morgan fingerprint density at radius 3 is 2.59 bits per heavy atom. The lowest BCUT2D eigenvalue weighted by Crippen LogP contribution is -2.41. The van der Waals surface area contributed by atoms with Gasteiger partial charge in [-0.1, -0.05) is 13.3 Å². The molecule has 2 heterocycles. The molecule has 9 nitrogen and oxygen atoms in total. The lowest BCUT2D eigenvalue weighted by atomic mass is 10.0. The van der Waals surface area contributed by atoms with Crippen molar-refractivity contribution < 1.29 is 14.1 Å². The number of hydrogen-bond acceptors (Lipinski definition) is 7. The molecule has 1 atom stereocenters. The summed E-state index contributed by atoms with van der Waals surface area (Å²) >= 11 is 0. The van der Waals surface area contributed by atoms with Crippen LogP contribution in [0.15, 0.2) is 35.3 Å². The highest BCUT2D eigenvalue weighted by atomic mass is 16.5. The number of rotatable bonds is 12. The molecule has 0 spiro atoms. The molecule has 2 aromatic heterocycles. The van der Waals surface area contributed by atoms with E-state index < -0.39 is 0 Å². The van der Waals surface area contributed by atoms with E-state index in [2.05, 4.69) is 22.2 Å². The number of fused-ring (bicyclic) bond motifs is 1. The van der Waals surface area contributed by atoms with Gasteiger partial charge in [-0.25, -0.2) is 4.98 Å². The highest BCUT2D eigenvalue weighted by Gasteiger charge is 2.15. The summed E-state index contributed by atoms with van der Waals surface area (Å²) in [4.78, 5) is 22.7. The first-order chi connectivity index (χ1) is 16.3. The van der Waals surface area contributed by atoms with Crippen molar-refractivity contribution in [3.05, 3.63) is 46.0 Å². The smallest absolute Gasteiger partial charge is 0.260 e. The van der Waals surface area contributed by atoms with Crippen LogP contribution in [0.25, 0.3) is 22.2 Å². The summed E-state index contributed by atoms with van der Waals surface area (Å²) in [5, 5.41) is 16.1. The number of benzene rings is 1. The Bertz CT molecular complexity index is 1180. The van der Waals surface area contributed by atoms with Crippen molar-refractivity contribution in [2.24, 2.45) is 0 Å². The zero-order valence-electron chi connectivity index (χ0n) is 20.8. The molecule has 9 heteroatoms. The molecule has 0 saturated carbocycles. The molecule has 1 aromatic carbocycles. The second kappa shape index (κ2) is 11.3. The van der Waals surface area contributed by atoms with Gasteiger partial charge in [-0.2, -0.15) is 4.98 Å².